The van der Waals surface area contributed by atoms with Crippen LogP contribution in [-0.2, 0) is 0 Å². The van der Waals surface area contributed by atoms with E-state index < -0.39 is 0 Å². The van der Waals surface area contributed by atoms with Crippen LogP contribution in [0.25, 0.3) is 0 Å². The molecule has 16 heavy (non-hydrogen) atoms. The summed E-state index contributed by atoms with van der Waals surface area (Å²) in [5.41, 5.74) is 0. The van der Waals surface area contributed by atoms with Gasteiger partial charge in [0.2, 0.25) is 0 Å². The second-order valence-electron chi connectivity index (χ2n) is 5.58. The van der Waals surface area contributed by atoms with Crippen molar-refractivity contribution in [3.05, 3.63) is 0 Å². The monoisotopic (exact) mass is 224 g/mol. The van der Waals surface area contributed by atoms with Gasteiger partial charge in [-0.15, -0.1) is 0 Å². The van der Waals surface area contributed by atoms with E-state index in [9.17, 15) is 0 Å². The average molecular weight is 224 g/mol. The van der Waals surface area contributed by atoms with Gasteiger partial charge in [-0.25, -0.2) is 0 Å². The number of hydrogen-bond acceptors (Lipinski definition) is 2. The fourth-order valence-electron chi connectivity index (χ4n) is 3.59. The van der Waals surface area contributed by atoms with Crippen molar-refractivity contribution >= 4 is 0 Å². The Morgan fingerprint density at radius 2 is 1.88 bits per heavy atom. The first kappa shape index (κ1) is 12.4. The van der Waals surface area contributed by atoms with Crippen LogP contribution in [0.15, 0.2) is 0 Å². The average Bonchev–Trinajstić information content (AvgIpc) is 2.83. The highest BCUT2D eigenvalue weighted by Gasteiger charge is 2.37. The van der Waals surface area contributed by atoms with Crippen molar-refractivity contribution < 1.29 is 0 Å². The van der Waals surface area contributed by atoms with Crippen LogP contribution < -0.4 is 5.32 Å². The highest BCUT2D eigenvalue weighted by molar-refractivity contribution is 4.96. The lowest BCUT2D eigenvalue weighted by Gasteiger charge is -2.27. The molecular weight excluding hydrogens is 196 g/mol. The fraction of sp³-hybridized carbons (Fsp3) is 1.00. The molecule has 2 heterocycles. The third-order valence-corrected chi connectivity index (χ3v) is 4.33. The molecule has 2 rings (SSSR count). The Balaban J connectivity index is 1.82. The van der Waals surface area contributed by atoms with Gasteiger partial charge in [-0.1, -0.05) is 26.7 Å². The first-order valence-electron chi connectivity index (χ1n) is 7.35. The number of rotatable bonds is 6. The van der Waals surface area contributed by atoms with Gasteiger partial charge in [0.1, 0.15) is 0 Å². The molecule has 2 heteroatoms. The summed E-state index contributed by atoms with van der Waals surface area (Å²) in [7, 11) is 0. The van der Waals surface area contributed by atoms with Gasteiger partial charge in [-0.2, -0.15) is 0 Å². The molecule has 2 aliphatic heterocycles. The van der Waals surface area contributed by atoms with E-state index in [0.717, 1.165) is 18.1 Å². The molecule has 2 fully saturated rings. The molecule has 0 amide bonds. The molecule has 0 radical (unpaired) electrons. The molecule has 2 saturated heterocycles. The van der Waals surface area contributed by atoms with Gasteiger partial charge < -0.3 is 5.32 Å². The first-order chi connectivity index (χ1) is 7.85. The van der Waals surface area contributed by atoms with E-state index in [0.29, 0.717) is 0 Å². The van der Waals surface area contributed by atoms with E-state index in [1.807, 2.05) is 0 Å². The Labute approximate surface area is 101 Å². The minimum atomic E-state index is 0.778. The molecule has 0 saturated carbocycles. The van der Waals surface area contributed by atoms with E-state index in [1.165, 1.54) is 58.0 Å². The normalized spacial score (nSPS) is 30.2. The maximum atomic E-state index is 3.95. The molecule has 2 unspecified atom stereocenters. The summed E-state index contributed by atoms with van der Waals surface area (Å²) in [6.07, 6.45) is 9.60. The smallest absolute Gasteiger partial charge is 0.0250 e. The third-order valence-electron chi connectivity index (χ3n) is 4.33. The van der Waals surface area contributed by atoms with Crippen LogP contribution in [0.1, 0.15) is 58.8 Å². The number of fused-ring (bicyclic) bond motifs is 1. The number of hydrogen-bond donors (Lipinski definition) is 1. The second-order valence-corrected chi connectivity index (χ2v) is 5.58. The molecule has 0 aromatic heterocycles. The molecule has 2 nitrogen and oxygen atoms in total. The molecule has 2 atom stereocenters. The van der Waals surface area contributed by atoms with Crippen LogP contribution in [0.5, 0.6) is 0 Å². The van der Waals surface area contributed by atoms with Crippen molar-refractivity contribution in [2.24, 2.45) is 0 Å². The van der Waals surface area contributed by atoms with Crippen LogP contribution in [0.3, 0.4) is 0 Å². The fourth-order valence-corrected chi connectivity index (χ4v) is 3.59. The molecular formula is C14H28N2. The standard InChI is InChI=1S/C14H28N2/c1-3-6-12(7-4-2)15-13-9-11-16-10-5-8-14(13)16/h12-15H,3-11H2,1-2H3. The molecule has 0 aromatic carbocycles. The van der Waals surface area contributed by atoms with Crippen molar-refractivity contribution in [2.75, 3.05) is 13.1 Å². The second kappa shape index (κ2) is 6.02. The van der Waals surface area contributed by atoms with Gasteiger partial charge in [0.05, 0.1) is 0 Å². The van der Waals surface area contributed by atoms with Crippen LogP contribution in [-0.4, -0.2) is 36.1 Å². The van der Waals surface area contributed by atoms with Crippen LogP contribution in [0.2, 0.25) is 0 Å². The first-order valence-corrected chi connectivity index (χ1v) is 7.35. The number of nitrogens with zero attached hydrogens (tertiary/aromatic N) is 1. The molecule has 0 bridgehead atoms. The molecule has 1 N–H and O–H groups in total. The summed E-state index contributed by atoms with van der Waals surface area (Å²) < 4.78 is 0. The largest absolute Gasteiger partial charge is 0.310 e. The van der Waals surface area contributed by atoms with Gasteiger partial charge in [-0.3, -0.25) is 4.90 Å². The molecule has 94 valence electrons. The van der Waals surface area contributed by atoms with E-state index in [4.69, 9.17) is 0 Å². The zero-order valence-corrected chi connectivity index (χ0v) is 11.0. The topological polar surface area (TPSA) is 15.3 Å². The van der Waals surface area contributed by atoms with Crippen molar-refractivity contribution in [3.63, 3.8) is 0 Å². The summed E-state index contributed by atoms with van der Waals surface area (Å²) in [5.74, 6) is 0. The van der Waals surface area contributed by atoms with Gasteiger partial charge in [-0.05, 0) is 38.6 Å². The zero-order chi connectivity index (χ0) is 11.4. The van der Waals surface area contributed by atoms with E-state index in [1.54, 1.807) is 0 Å². The molecule has 0 aromatic rings. The van der Waals surface area contributed by atoms with Gasteiger partial charge >= 0.3 is 0 Å². The van der Waals surface area contributed by atoms with Gasteiger partial charge in [0, 0.05) is 24.7 Å². The Morgan fingerprint density at radius 3 is 2.56 bits per heavy atom. The summed E-state index contributed by atoms with van der Waals surface area (Å²) in [4.78, 5) is 2.70. The predicted octanol–water partition coefficient (Wildman–Crippen LogP) is 2.78. The Hall–Kier alpha value is -0.0800. The van der Waals surface area contributed by atoms with Crippen LogP contribution in [0.4, 0.5) is 0 Å². The van der Waals surface area contributed by atoms with Crippen LogP contribution >= 0.6 is 0 Å². The van der Waals surface area contributed by atoms with Gasteiger partial charge in [0.25, 0.3) is 0 Å². The highest BCUT2D eigenvalue weighted by atomic mass is 15.2. The zero-order valence-electron chi connectivity index (χ0n) is 11.0. The minimum absolute atomic E-state index is 0.778. The van der Waals surface area contributed by atoms with Gasteiger partial charge in [0.15, 0.2) is 0 Å². The van der Waals surface area contributed by atoms with E-state index >= 15 is 0 Å². The maximum Gasteiger partial charge on any atom is 0.0250 e. The van der Waals surface area contributed by atoms with Crippen molar-refractivity contribution in [3.8, 4) is 0 Å². The Bertz CT molecular complexity index is 199. The highest BCUT2D eigenvalue weighted by Crippen LogP contribution is 2.28. The quantitative estimate of drug-likeness (QED) is 0.746. The lowest BCUT2D eigenvalue weighted by Crippen LogP contribution is -2.44. The molecule has 0 aliphatic carbocycles. The van der Waals surface area contributed by atoms with Crippen LogP contribution in [0, 0.1) is 0 Å². The Morgan fingerprint density at radius 1 is 1.12 bits per heavy atom. The van der Waals surface area contributed by atoms with E-state index in [2.05, 4.69) is 24.1 Å². The summed E-state index contributed by atoms with van der Waals surface area (Å²) in [5, 5.41) is 3.95. The SMILES string of the molecule is CCCC(CCC)NC1CCN2CCCC12. The molecule has 2 aliphatic rings. The lowest BCUT2D eigenvalue weighted by atomic mass is 10.0. The third kappa shape index (κ3) is 2.78. The van der Waals surface area contributed by atoms with Crippen molar-refractivity contribution in [1.82, 2.24) is 10.2 Å². The number of nitrogens with one attached hydrogen (secondary N) is 1. The summed E-state index contributed by atoms with van der Waals surface area (Å²) >= 11 is 0. The Kier molecular flexibility index (Phi) is 4.66. The van der Waals surface area contributed by atoms with E-state index in [-0.39, 0.29) is 0 Å². The maximum absolute atomic E-state index is 3.95. The summed E-state index contributed by atoms with van der Waals surface area (Å²) in [6.45, 7) is 7.31. The summed E-state index contributed by atoms with van der Waals surface area (Å²) in [6, 6.07) is 2.45. The van der Waals surface area contributed by atoms with Crippen molar-refractivity contribution in [2.45, 2.75) is 76.9 Å². The molecule has 0 spiro atoms. The lowest BCUT2D eigenvalue weighted by molar-refractivity contribution is 0.281. The predicted molar refractivity (Wildman–Crippen MR) is 69.7 cm³/mol. The van der Waals surface area contributed by atoms with Crippen molar-refractivity contribution in [1.29, 1.82) is 0 Å². The minimum Gasteiger partial charge on any atom is -0.310 e.